The summed E-state index contributed by atoms with van der Waals surface area (Å²) in [6, 6.07) is 5.97. The molecule has 6 nitrogen and oxygen atoms in total. The van der Waals surface area contributed by atoms with E-state index in [1.165, 1.54) is 46.9 Å². The Bertz CT molecular complexity index is 884. The minimum atomic E-state index is -1.20. The zero-order valence-electron chi connectivity index (χ0n) is 14.6. The molecule has 8 heteroatoms. The van der Waals surface area contributed by atoms with Gasteiger partial charge in [-0.3, -0.25) is 4.79 Å². The summed E-state index contributed by atoms with van der Waals surface area (Å²) in [4.78, 5) is 37.4. The zero-order chi connectivity index (χ0) is 19.6. The average Bonchev–Trinajstić information content (AvgIpc) is 3.07. The van der Waals surface area contributed by atoms with Gasteiger partial charge < -0.3 is 15.2 Å². The van der Waals surface area contributed by atoms with Crippen LogP contribution in [0.3, 0.4) is 0 Å². The Kier molecular flexibility index (Phi) is 5.82. The Morgan fingerprint density at radius 3 is 2.67 bits per heavy atom. The number of amides is 1. The number of nitrogens with one attached hydrogen (secondary N) is 1. The van der Waals surface area contributed by atoms with E-state index in [4.69, 9.17) is 21.4 Å². The molecule has 1 aliphatic rings. The summed E-state index contributed by atoms with van der Waals surface area (Å²) >= 11 is 7.23. The first-order chi connectivity index (χ1) is 12.8. The van der Waals surface area contributed by atoms with Crippen LogP contribution in [0.2, 0.25) is 5.02 Å². The monoisotopic (exact) mass is 407 g/mol. The number of aromatic carboxylic acids is 1. The molecule has 0 saturated heterocycles. The van der Waals surface area contributed by atoms with Crippen LogP contribution in [-0.2, 0) is 22.4 Å². The van der Waals surface area contributed by atoms with Gasteiger partial charge in [0, 0.05) is 10.6 Å². The molecule has 1 heterocycles. The molecule has 1 amide bonds. The van der Waals surface area contributed by atoms with E-state index in [0.29, 0.717) is 4.88 Å². The van der Waals surface area contributed by atoms with Crippen molar-refractivity contribution < 1.29 is 24.2 Å². The second-order valence-electron chi connectivity index (χ2n) is 6.30. The number of carbonyl (C=O) groups excluding carboxylic acids is 2. The topological polar surface area (TPSA) is 92.7 Å². The molecule has 1 aromatic heterocycles. The Labute approximate surface area is 165 Å². The molecule has 142 valence electrons. The molecule has 27 heavy (non-hydrogen) atoms. The number of ether oxygens (including phenoxy) is 1. The van der Waals surface area contributed by atoms with Crippen LogP contribution in [0.5, 0.6) is 0 Å². The minimum absolute atomic E-state index is 0.0710. The minimum Gasteiger partial charge on any atom is -0.478 e. The lowest BCUT2D eigenvalue weighted by atomic mass is 9.99. The van der Waals surface area contributed by atoms with Gasteiger partial charge in [0.15, 0.2) is 6.10 Å². The van der Waals surface area contributed by atoms with Crippen LogP contribution in [0.25, 0.3) is 0 Å². The maximum Gasteiger partial charge on any atom is 0.349 e. The summed E-state index contributed by atoms with van der Waals surface area (Å²) in [5.74, 6) is -2.28. The summed E-state index contributed by atoms with van der Waals surface area (Å²) in [5, 5.41) is 11.7. The Morgan fingerprint density at radius 2 is 1.96 bits per heavy atom. The summed E-state index contributed by atoms with van der Waals surface area (Å²) in [7, 11) is 0. The highest BCUT2D eigenvalue weighted by molar-refractivity contribution is 7.14. The van der Waals surface area contributed by atoms with Crippen molar-refractivity contribution >= 4 is 46.5 Å². The Morgan fingerprint density at radius 1 is 1.22 bits per heavy atom. The number of benzene rings is 1. The van der Waals surface area contributed by atoms with E-state index in [0.717, 1.165) is 25.7 Å². The summed E-state index contributed by atoms with van der Waals surface area (Å²) < 4.78 is 5.27. The highest BCUT2D eigenvalue weighted by Crippen LogP contribution is 2.30. The number of rotatable bonds is 5. The first-order valence-corrected chi connectivity index (χ1v) is 9.71. The van der Waals surface area contributed by atoms with Crippen molar-refractivity contribution in [2.24, 2.45) is 0 Å². The lowest BCUT2D eigenvalue weighted by Gasteiger charge is -2.13. The number of esters is 1. The SMILES string of the molecule is CC(OC(=O)c1cc2c(s1)CCCC2)C(=O)Nc1ccc(Cl)c(C(=O)O)c1. The Balaban J connectivity index is 1.63. The standard InChI is InChI=1S/C19H18ClNO5S/c1-10(17(22)21-12-6-7-14(20)13(9-12)18(23)24)26-19(25)16-8-11-4-2-3-5-15(11)27-16/h6-10H,2-5H2,1H3,(H,21,22)(H,23,24). The molecule has 2 N–H and O–H groups in total. The van der Waals surface area contributed by atoms with Gasteiger partial charge in [-0.1, -0.05) is 11.6 Å². The number of hydrogen-bond donors (Lipinski definition) is 2. The fraction of sp³-hybridized carbons (Fsp3) is 0.316. The zero-order valence-corrected chi connectivity index (χ0v) is 16.2. The van der Waals surface area contributed by atoms with Gasteiger partial charge in [0.1, 0.15) is 4.88 Å². The lowest BCUT2D eigenvalue weighted by molar-refractivity contribution is -0.123. The van der Waals surface area contributed by atoms with Gasteiger partial charge in [-0.25, -0.2) is 9.59 Å². The third kappa shape index (κ3) is 4.48. The van der Waals surface area contributed by atoms with Crippen molar-refractivity contribution in [3.8, 4) is 0 Å². The third-order valence-corrected chi connectivity index (χ3v) is 5.86. The van der Waals surface area contributed by atoms with Gasteiger partial charge in [0.2, 0.25) is 0 Å². The number of carboxylic acids is 1. The van der Waals surface area contributed by atoms with Crippen molar-refractivity contribution in [1.82, 2.24) is 0 Å². The number of hydrogen-bond acceptors (Lipinski definition) is 5. The normalized spacial score (nSPS) is 14.1. The molecule has 1 unspecified atom stereocenters. The number of anilines is 1. The van der Waals surface area contributed by atoms with E-state index in [2.05, 4.69) is 5.32 Å². The van der Waals surface area contributed by atoms with Crippen LogP contribution in [0.1, 0.15) is 50.2 Å². The quantitative estimate of drug-likeness (QED) is 0.726. The van der Waals surface area contributed by atoms with Crippen molar-refractivity contribution in [1.29, 1.82) is 0 Å². The van der Waals surface area contributed by atoms with Crippen LogP contribution in [-0.4, -0.2) is 29.1 Å². The lowest BCUT2D eigenvalue weighted by Crippen LogP contribution is -2.29. The molecule has 1 aromatic carbocycles. The maximum atomic E-state index is 12.3. The molecule has 2 aromatic rings. The molecular formula is C19H18ClNO5S. The Hall–Kier alpha value is -2.38. The van der Waals surface area contributed by atoms with E-state index < -0.39 is 23.9 Å². The van der Waals surface area contributed by atoms with E-state index in [9.17, 15) is 14.4 Å². The molecule has 0 radical (unpaired) electrons. The van der Waals surface area contributed by atoms with Crippen molar-refractivity contribution in [3.05, 3.63) is 50.2 Å². The highest BCUT2D eigenvalue weighted by Gasteiger charge is 2.23. The van der Waals surface area contributed by atoms with Crippen LogP contribution in [0.4, 0.5) is 5.69 Å². The van der Waals surface area contributed by atoms with E-state index in [1.807, 2.05) is 6.07 Å². The predicted molar refractivity (Wildman–Crippen MR) is 103 cm³/mol. The number of thiophene rings is 1. The first kappa shape index (κ1) is 19.4. The summed E-state index contributed by atoms with van der Waals surface area (Å²) in [5.41, 5.74) is 1.33. The molecule has 3 rings (SSSR count). The van der Waals surface area contributed by atoms with Crippen LogP contribution >= 0.6 is 22.9 Å². The second kappa shape index (κ2) is 8.10. The number of carbonyl (C=O) groups is 3. The van der Waals surface area contributed by atoms with Crippen LogP contribution < -0.4 is 5.32 Å². The molecule has 1 aliphatic carbocycles. The van der Waals surface area contributed by atoms with Crippen molar-refractivity contribution in [2.45, 2.75) is 38.7 Å². The molecule has 0 saturated carbocycles. The van der Waals surface area contributed by atoms with Gasteiger partial charge in [0.25, 0.3) is 5.91 Å². The van der Waals surface area contributed by atoms with Gasteiger partial charge in [-0.15, -0.1) is 11.3 Å². The molecule has 0 fully saturated rings. The molecular weight excluding hydrogens is 390 g/mol. The van der Waals surface area contributed by atoms with E-state index >= 15 is 0 Å². The number of halogens is 1. The molecule has 0 spiro atoms. The molecule has 1 atom stereocenters. The van der Waals surface area contributed by atoms with Crippen LogP contribution in [0, 0.1) is 0 Å². The number of fused-ring (bicyclic) bond motifs is 1. The van der Waals surface area contributed by atoms with E-state index in [-0.39, 0.29) is 16.3 Å². The highest BCUT2D eigenvalue weighted by atomic mass is 35.5. The van der Waals surface area contributed by atoms with Gasteiger partial charge >= 0.3 is 11.9 Å². The van der Waals surface area contributed by atoms with Crippen LogP contribution in [0.15, 0.2) is 24.3 Å². The fourth-order valence-electron chi connectivity index (χ4n) is 2.87. The number of carboxylic acid groups (broad SMARTS) is 1. The maximum absolute atomic E-state index is 12.3. The van der Waals surface area contributed by atoms with E-state index in [1.54, 1.807) is 0 Å². The second-order valence-corrected chi connectivity index (χ2v) is 7.85. The van der Waals surface area contributed by atoms with Crippen molar-refractivity contribution in [2.75, 3.05) is 5.32 Å². The smallest absolute Gasteiger partial charge is 0.349 e. The van der Waals surface area contributed by atoms with Crippen molar-refractivity contribution in [3.63, 3.8) is 0 Å². The van der Waals surface area contributed by atoms with Gasteiger partial charge in [0.05, 0.1) is 10.6 Å². The average molecular weight is 408 g/mol. The largest absolute Gasteiger partial charge is 0.478 e. The third-order valence-electron chi connectivity index (χ3n) is 4.32. The van der Waals surface area contributed by atoms with Gasteiger partial charge in [-0.2, -0.15) is 0 Å². The van der Waals surface area contributed by atoms with Gasteiger partial charge in [-0.05, 0) is 62.4 Å². The summed E-state index contributed by atoms with van der Waals surface area (Å²) in [6.45, 7) is 1.47. The predicted octanol–water partition coefficient (Wildman–Crippen LogP) is 4.16. The first-order valence-electron chi connectivity index (χ1n) is 8.51. The molecule has 0 bridgehead atoms. The molecule has 0 aliphatic heterocycles. The summed E-state index contributed by atoms with van der Waals surface area (Å²) in [6.07, 6.45) is 3.17. The fourth-order valence-corrected chi connectivity index (χ4v) is 4.21. The number of aryl methyl sites for hydroxylation is 2.